The van der Waals surface area contributed by atoms with Crippen LogP contribution in [0.15, 0.2) is 18.2 Å². The van der Waals surface area contributed by atoms with E-state index >= 15 is 0 Å². The molecule has 0 fully saturated rings. The molecule has 1 aromatic heterocycles. The van der Waals surface area contributed by atoms with Crippen LogP contribution in [0.2, 0.25) is 0 Å². The fourth-order valence-corrected chi connectivity index (χ4v) is 2.60. The van der Waals surface area contributed by atoms with Gasteiger partial charge in [0.1, 0.15) is 11.3 Å². The summed E-state index contributed by atoms with van der Waals surface area (Å²) in [4.78, 5) is 11.3. The van der Waals surface area contributed by atoms with Crippen LogP contribution in [0.4, 0.5) is 18.3 Å². The smallest absolute Gasteiger partial charge is 0.573 e. The SMILES string of the molecule is COC(=O)C[n+]1c(N)sc2cc(OC(F)(F)F)ccc21.[Br-]. The molecule has 10 heteroatoms. The van der Waals surface area contributed by atoms with Gasteiger partial charge in [0.2, 0.25) is 0 Å². The second-order valence-corrected chi connectivity index (χ2v) is 4.84. The van der Waals surface area contributed by atoms with Crippen LogP contribution in [-0.2, 0) is 16.1 Å². The number of benzene rings is 1. The number of nitrogens with two attached hydrogens (primary N) is 1. The largest absolute Gasteiger partial charge is 1.00 e. The minimum Gasteiger partial charge on any atom is -1.00 e. The maximum Gasteiger partial charge on any atom is 0.573 e. The van der Waals surface area contributed by atoms with E-state index in [0.29, 0.717) is 10.2 Å². The van der Waals surface area contributed by atoms with Crippen LogP contribution in [0.5, 0.6) is 5.75 Å². The highest BCUT2D eigenvalue weighted by Crippen LogP contribution is 2.29. The number of halogens is 4. The predicted octanol–water partition coefficient (Wildman–Crippen LogP) is -1.15. The van der Waals surface area contributed by atoms with Crippen molar-refractivity contribution in [1.29, 1.82) is 0 Å². The van der Waals surface area contributed by atoms with E-state index in [0.717, 1.165) is 17.4 Å². The average molecular weight is 387 g/mol. The van der Waals surface area contributed by atoms with E-state index < -0.39 is 12.3 Å². The number of hydrogen-bond acceptors (Lipinski definition) is 5. The molecule has 0 spiro atoms. The number of methoxy groups -OCH3 is 1. The van der Waals surface area contributed by atoms with Crippen LogP contribution in [0, 0.1) is 0 Å². The van der Waals surface area contributed by atoms with E-state index in [1.807, 2.05) is 0 Å². The normalized spacial score (nSPS) is 11.0. The van der Waals surface area contributed by atoms with Crippen molar-refractivity contribution in [2.24, 2.45) is 0 Å². The van der Waals surface area contributed by atoms with Crippen molar-refractivity contribution in [2.75, 3.05) is 12.8 Å². The first kappa shape index (κ1) is 17.5. The van der Waals surface area contributed by atoms with E-state index in [1.54, 1.807) is 0 Å². The summed E-state index contributed by atoms with van der Waals surface area (Å²) < 4.78 is 46.7. The van der Waals surface area contributed by atoms with Gasteiger partial charge in [-0.3, -0.25) is 5.73 Å². The number of anilines is 1. The number of ether oxygens (including phenoxy) is 2. The Bertz CT molecular complexity index is 660. The van der Waals surface area contributed by atoms with Gasteiger partial charge in [0.25, 0.3) is 0 Å². The third kappa shape index (κ3) is 4.21. The van der Waals surface area contributed by atoms with Crippen molar-refractivity contribution in [2.45, 2.75) is 12.9 Å². The highest BCUT2D eigenvalue weighted by molar-refractivity contribution is 7.21. The Kier molecular flexibility index (Phi) is 5.40. The molecule has 0 radical (unpaired) electrons. The molecule has 2 rings (SSSR count). The zero-order valence-corrected chi connectivity index (χ0v) is 13.0. The Morgan fingerprint density at radius 1 is 1.43 bits per heavy atom. The number of fused-ring (bicyclic) bond motifs is 1. The third-order valence-corrected chi connectivity index (χ3v) is 3.43. The molecule has 0 saturated heterocycles. The first-order chi connectivity index (χ1) is 9.30. The molecular formula is C11H10BrF3N2O3S. The highest BCUT2D eigenvalue weighted by Gasteiger charge is 2.31. The second-order valence-electron chi connectivity index (χ2n) is 3.78. The molecule has 0 amide bonds. The summed E-state index contributed by atoms with van der Waals surface area (Å²) in [5, 5.41) is 0.287. The van der Waals surface area contributed by atoms with Crippen molar-refractivity contribution >= 4 is 32.7 Å². The Labute approximate surface area is 131 Å². The number of rotatable bonds is 3. The van der Waals surface area contributed by atoms with Crippen molar-refractivity contribution < 1.29 is 49.0 Å². The quantitative estimate of drug-likeness (QED) is 0.534. The zero-order valence-electron chi connectivity index (χ0n) is 10.6. The number of nitrogen functional groups attached to an aromatic ring is 1. The fourth-order valence-electron chi connectivity index (χ4n) is 1.64. The standard InChI is InChI=1S/C11H9F3N2O3S.BrH/c1-18-9(17)5-16-7-3-2-6(19-11(12,13)14)4-8(7)20-10(16)15;/h2-4,15H,5H2,1H3;1H. The van der Waals surface area contributed by atoms with Gasteiger partial charge in [-0.25, -0.2) is 9.36 Å². The highest BCUT2D eigenvalue weighted by atomic mass is 79.9. The molecule has 2 aromatic rings. The molecule has 0 aliphatic carbocycles. The Balaban J connectivity index is 0.00000220. The van der Waals surface area contributed by atoms with Crippen LogP contribution in [0.1, 0.15) is 0 Å². The van der Waals surface area contributed by atoms with Crippen LogP contribution in [0.3, 0.4) is 0 Å². The summed E-state index contributed by atoms with van der Waals surface area (Å²) in [5.41, 5.74) is 6.28. The molecule has 1 aromatic carbocycles. The van der Waals surface area contributed by atoms with Gasteiger partial charge in [-0.2, -0.15) is 0 Å². The van der Waals surface area contributed by atoms with Crippen molar-refractivity contribution in [3.8, 4) is 5.75 Å². The van der Waals surface area contributed by atoms with E-state index in [2.05, 4.69) is 9.47 Å². The molecule has 0 aliphatic rings. The molecule has 21 heavy (non-hydrogen) atoms. The molecule has 0 unspecified atom stereocenters. The molecule has 116 valence electrons. The lowest BCUT2D eigenvalue weighted by Crippen LogP contribution is -3.00. The van der Waals surface area contributed by atoms with E-state index in [4.69, 9.17) is 5.73 Å². The first-order valence-electron chi connectivity index (χ1n) is 5.34. The lowest BCUT2D eigenvalue weighted by Gasteiger charge is -2.08. The number of aromatic nitrogens is 1. The lowest BCUT2D eigenvalue weighted by atomic mass is 10.3. The van der Waals surface area contributed by atoms with E-state index in [-0.39, 0.29) is 34.4 Å². The number of hydrogen-bond donors (Lipinski definition) is 1. The molecule has 0 saturated carbocycles. The minimum atomic E-state index is -4.75. The Morgan fingerprint density at radius 2 is 2.10 bits per heavy atom. The lowest BCUT2D eigenvalue weighted by molar-refractivity contribution is -0.641. The summed E-state index contributed by atoms with van der Waals surface area (Å²) in [6.45, 7) is -0.109. The van der Waals surface area contributed by atoms with Gasteiger partial charge >= 0.3 is 17.5 Å². The van der Waals surface area contributed by atoms with Crippen molar-refractivity contribution in [3.05, 3.63) is 18.2 Å². The van der Waals surface area contributed by atoms with Crippen molar-refractivity contribution in [3.63, 3.8) is 0 Å². The second kappa shape index (κ2) is 6.48. The van der Waals surface area contributed by atoms with Crippen LogP contribution >= 0.6 is 11.3 Å². The number of alkyl halides is 3. The molecule has 1 heterocycles. The Hall–Kier alpha value is -1.55. The topological polar surface area (TPSA) is 65.4 Å². The van der Waals surface area contributed by atoms with Crippen LogP contribution in [0.25, 0.3) is 10.2 Å². The summed E-state index contributed by atoms with van der Waals surface area (Å²) in [6, 6.07) is 3.79. The monoisotopic (exact) mass is 386 g/mol. The van der Waals surface area contributed by atoms with Gasteiger partial charge in [-0.15, -0.1) is 13.2 Å². The van der Waals surface area contributed by atoms with Gasteiger partial charge in [0, 0.05) is 6.07 Å². The number of nitrogens with zero attached hydrogens (tertiary/aromatic N) is 1. The van der Waals surface area contributed by atoms with Crippen LogP contribution < -0.4 is 32.0 Å². The van der Waals surface area contributed by atoms with Crippen molar-refractivity contribution in [1.82, 2.24) is 0 Å². The molecule has 2 N–H and O–H groups in total. The molecule has 0 atom stereocenters. The molecule has 0 aliphatic heterocycles. The maximum atomic E-state index is 12.1. The summed E-state index contributed by atoms with van der Waals surface area (Å²) in [7, 11) is 1.24. The number of esters is 1. The van der Waals surface area contributed by atoms with Gasteiger partial charge in [-0.05, 0) is 23.5 Å². The minimum absolute atomic E-state index is 0. The maximum absolute atomic E-state index is 12.1. The summed E-state index contributed by atoms with van der Waals surface area (Å²) in [5.74, 6) is -0.839. The van der Waals surface area contributed by atoms with E-state index in [1.165, 1.54) is 23.8 Å². The predicted molar refractivity (Wildman–Crippen MR) is 65.1 cm³/mol. The average Bonchev–Trinajstić information content (AvgIpc) is 2.63. The first-order valence-corrected chi connectivity index (χ1v) is 6.16. The fraction of sp³-hybridized carbons (Fsp3) is 0.273. The summed E-state index contributed by atoms with van der Waals surface area (Å²) in [6.07, 6.45) is -4.75. The Morgan fingerprint density at radius 3 is 2.67 bits per heavy atom. The number of carbonyl (C=O) groups excluding carboxylic acids is 1. The zero-order chi connectivity index (χ0) is 14.9. The summed E-state index contributed by atoms with van der Waals surface area (Å²) >= 11 is 1.06. The van der Waals surface area contributed by atoms with Crippen LogP contribution in [-0.4, -0.2) is 19.4 Å². The van der Waals surface area contributed by atoms with Gasteiger partial charge in [0.15, 0.2) is 6.54 Å². The van der Waals surface area contributed by atoms with Gasteiger partial charge in [-0.1, -0.05) is 0 Å². The van der Waals surface area contributed by atoms with Gasteiger partial charge in [0.05, 0.1) is 11.8 Å². The molecule has 5 nitrogen and oxygen atoms in total. The molecule has 0 bridgehead atoms. The van der Waals surface area contributed by atoms with E-state index in [9.17, 15) is 18.0 Å². The molecular weight excluding hydrogens is 377 g/mol. The third-order valence-electron chi connectivity index (χ3n) is 2.45. The number of thiazole rings is 1. The number of carbonyl (C=O) groups is 1. The van der Waals surface area contributed by atoms with Gasteiger partial charge < -0.3 is 26.5 Å².